The Hall–Kier alpha value is 0.320. The second kappa shape index (κ2) is 3.96. The molecule has 7 nitrogen and oxygen atoms in total. The third kappa shape index (κ3) is 2.08. The minimum Gasteiger partial charge on any atom is -0.323 e. The molecule has 0 aromatic rings. The summed E-state index contributed by atoms with van der Waals surface area (Å²) in [4.78, 5) is 37.3. The molecule has 1 heterocycles. The predicted octanol–water partition coefficient (Wildman–Crippen LogP) is -0.189. The van der Waals surface area contributed by atoms with Crippen LogP contribution in [0, 0.1) is 0 Å². The van der Waals surface area contributed by atoms with Gasteiger partial charge in [0.05, 0.1) is 0 Å². The summed E-state index contributed by atoms with van der Waals surface area (Å²) in [5.74, 6) is 0. The van der Waals surface area contributed by atoms with Gasteiger partial charge in [-0.2, -0.15) is 12.6 Å². The molecule has 1 atom stereocenters. The van der Waals surface area contributed by atoms with E-state index >= 15 is 0 Å². The maximum absolute atomic E-state index is 11.2. The van der Waals surface area contributed by atoms with Crippen LogP contribution in [0.25, 0.3) is 0 Å². The summed E-state index contributed by atoms with van der Waals surface area (Å²) in [7, 11) is -10.1. The highest BCUT2D eigenvalue weighted by molar-refractivity contribution is 7.84. The second-order valence-corrected chi connectivity index (χ2v) is 7.84. The Morgan fingerprint density at radius 2 is 1.73 bits per heavy atom. The Kier molecular flexibility index (Phi) is 3.54. The van der Waals surface area contributed by atoms with Crippen LogP contribution in [0.1, 0.15) is 6.42 Å². The summed E-state index contributed by atoms with van der Waals surface area (Å²) < 4.78 is 22.5. The molecule has 1 unspecified atom stereocenters. The van der Waals surface area contributed by atoms with Gasteiger partial charge in [0, 0.05) is 18.0 Å². The van der Waals surface area contributed by atoms with Crippen LogP contribution in [0.15, 0.2) is 4.99 Å². The molecule has 0 fully saturated rings. The van der Waals surface area contributed by atoms with Gasteiger partial charge < -0.3 is 19.6 Å². The minimum absolute atomic E-state index is 0.107. The number of nitrogens with zero attached hydrogens (tertiary/aromatic N) is 1. The third-order valence-corrected chi connectivity index (χ3v) is 7.59. The van der Waals surface area contributed by atoms with Crippen molar-refractivity contribution < 1.29 is 28.7 Å². The molecule has 0 bridgehead atoms. The lowest BCUT2D eigenvalue weighted by molar-refractivity contribution is 0.323. The minimum atomic E-state index is -5.04. The first-order chi connectivity index (χ1) is 6.63. The average molecular weight is 275 g/mol. The molecule has 0 radical (unpaired) electrons. The molecular formula is C5H11NO6P2S. The molecule has 0 saturated heterocycles. The van der Waals surface area contributed by atoms with E-state index in [0.29, 0.717) is 6.21 Å². The molecule has 1 aliphatic heterocycles. The first kappa shape index (κ1) is 13.4. The zero-order chi connectivity index (χ0) is 11.9. The number of aliphatic imine (C=N–C) groups is 1. The van der Waals surface area contributed by atoms with E-state index in [1.165, 1.54) is 0 Å². The lowest BCUT2D eigenvalue weighted by Crippen LogP contribution is -2.43. The second-order valence-electron chi connectivity index (χ2n) is 3.21. The highest BCUT2D eigenvalue weighted by atomic mass is 32.1. The summed E-state index contributed by atoms with van der Waals surface area (Å²) >= 11 is 3.85. The Bertz CT molecular complexity index is 350. The van der Waals surface area contributed by atoms with Crippen LogP contribution < -0.4 is 0 Å². The van der Waals surface area contributed by atoms with Gasteiger partial charge in [-0.1, -0.05) is 0 Å². The smallest absolute Gasteiger partial charge is 0.323 e. The largest absolute Gasteiger partial charge is 0.350 e. The van der Waals surface area contributed by atoms with Gasteiger partial charge in [0.1, 0.15) is 0 Å². The van der Waals surface area contributed by atoms with Crippen molar-refractivity contribution in [2.75, 3.05) is 6.54 Å². The first-order valence-corrected chi connectivity index (χ1v) is 7.67. The van der Waals surface area contributed by atoms with Gasteiger partial charge in [0.25, 0.3) is 0 Å². The van der Waals surface area contributed by atoms with Crippen LogP contribution in [-0.2, 0) is 9.13 Å². The molecule has 4 N–H and O–H groups in total. The molecule has 15 heavy (non-hydrogen) atoms. The van der Waals surface area contributed by atoms with Gasteiger partial charge in [0.15, 0.2) is 0 Å². The van der Waals surface area contributed by atoms with Gasteiger partial charge in [-0.15, -0.1) is 0 Å². The summed E-state index contributed by atoms with van der Waals surface area (Å²) in [5, 5.41) is -1.11. The van der Waals surface area contributed by atoms with Gasteiger partial charge >= 0.3 is 15.2 Å². The van der Waals surface area contributed by atoms with Crippen LogP contribution in [0.3, 0.4) is 0 Å². The number of rotatable bonds is 2. The van der Waals surface area contributed by atoms with Crippen molar-refractivity contribution in [3.63, 3.8) is 0 Å². The molecule has 0 saturated carbocycles. The monoisotopic (exact) mass is 275 g/mol. The van der Waals surface area contributed by atoms with Crippen molar-refractivity contribution in [3.05, 3.63) is 0 Å². The zero-order valence-corrected chi connectivity index (χ0v) is 10.1. The van der Waals surface area contributed by atoms with Gasteiger partial charge in [-0.25, -0.2) is 0 Å². The number of hydrogen-bond acceptors (Lipinski definition) is 4. The fourth-order valence-electron chi connectivity index (χ4n) is 1.40. The molecular weight excluding hydrogens is 264 g/mol. The van der Waals surface area contributed by atoms with E-state index in [9.17, 15) is 9.13 Å². The summed E-state index contributed by atoms with van der Waals surface area (Å²) in [5.41, 5.74) is 0. The van der Waals surface area contributed by atoms with Gasteiger partial charge in [-0.3, -0.25) is 14.1 Å². The molecule has 1 aliphatic rings. The molecule has 0 aliphatic carbocycles. The molecule has 0 aromatic carbocycles. The van der Waals surface area contributed by atoms with Gasteiger partial charge in [-0.05, 0) is 6.42 Å². The van der Waals surface area contributed by atoms with Gasteiger partial charge in [0.2, 0.25) is 4.90 Å². The van der Waals surface area contributed by atoms with Crippen molar-refractivity contribution in [1.29, 1.82) is 0 Å². The zero-order valence-electron chi connectivity index (χ0n) is 7.46. The molecule has 88 valence electrons. The van der Waals surface area contributed by atoms with Crippen LogP contribution >= 0.6 is 27.8 Å². The highest BCUT2D eigenvalue weighted by Gasteiger charge is 2.63. The van der Waals surface area contributed by atoms with E-state index in [1.807, 2.05) is 0 Å². The fourth-order valence-corrected chi connectivity index (χ4v) is 5.34. The van der Waals surface area contributed by atoms with Crippen molar-refractivity contribution in [3.8, 4) is 0 Å². The van der Waals surface area contributed by atoms with Crippen molar-refractivity contribution in [2.24, 2.45) is 4.99 Å². The predicted molar refractivity (Wildman–Crippen MR) is 57.6 cm³/mol. The van der Waals surface area contributed by atoms with E-state index in [2.05, 4.69) is 17.6 Å². The first-order valence-electron chi connectivity index (χ1n) is 3.93. The summed E-state index contributed by atoms with van der Waals surface area (Å²) in [6.45, 7) is 0.246. The van der Waals surface area contributed by atoms with E-state index in [0.717, 1.165) is 0 Å². The lowest BCUT2D eigenvalue weighted by Gasteiger charge is -2.37. The molecule has 1 rings (SSSR count). The SMILES string of the molecule is O=P(O)(O)C1(P(=O)(O)O)C=NCCC1S. The number of thiol groups is 1. The van der Waals surface area contributed by atoms with Crippen molar-refractivity contribution in [1.82, 2.24) is 0 Å². The van der Waals surface area contributed by atoms with E-state index < -0.39 is 25.3 Å². The molecule has 0 aromatic heterocycles. The van der Waals surface area contributed by atoms with E-state index in [-0.39, 0.29) is 13.0 Å². The normalized spacial score (nSPS) is 26.6. The molecule has 0 spiro atoms. The molecule has 0 amide bonds. The fraction of sp³-hybridized carbons (Fsp3) is 0.800. The average Bonchev–Trinajstić information content (AvgIpc) is 2.00. The summed E-state index contributed by atoms with van der Waals surface area (Å²) in [6.07, 6.45) is 0.769. The highest BCUT2D eigenvalue weighted by Crippen LogP contribution is 2.71. The Balaban J connectivity index is 3.43. The van der Waals surface area contributed by atoms with Crippen LogP contribution in [0.5, 0.6) is 0 Å². The Morgan fingerprint density at radius 1 is 1.27 bits per heavy atom. The van der Waals surface area contributed by atoms with Crippen LogP contribution in [-0.4, -0.2) is 42.5 Å². The Morgan fingerprint density at radius 3 is 2.00 bits per heavy atom. The maximum Gasteiger partial charge on any atom is 0.350 e. The molecule has 10 heteroatoms. The summed E-state index contributed by atoms with van der Waals surface area (Å²) in [6, 6.07) is 0. The van der Waals surface area contributed by atoms with Crippen LogP contribution in [0.4, 0.5) is 0 Å². The topological polar surface area (TPSA) is 127 Å². The van der Waals surface area contributed by atoms with Crippen LogP contribution in [0.2, 0.25) is 0 Å². The van der Waals surface area contributed by atoms with E-state index in [4.69, 9.17) is 19.6 Å². The standard InChI is InChI=1S/C5H11NO6P2S/c7-13(8,9)5(14(10,11)12)3-6-2-1-4(5)15/h3-4,15H,1-2H2,(H2,7,8,9)(H2,10,11,12). The lowest BCUT2D eigenvalue weighted by atomic mass is 10.2. The number of hydrogen-bond donors (Lipinski definition) is 5. The quantitative estimate of drug-likeness (QED) is 0.351. The Labute approximate surface area is 91.3 Å². The third-order valence-electron chi connectivity index (χ3n) is 2.24. The van der Waals surface area contributed by atoms with Crippen molar-refractivity contribution >= 4 is 34.0 Å². The maximum atomic E-state index is 11.2. The van der Waals surface area contributed by atoms with Crippen molar-refractivity contribution in [2.45, 2.75) is 16.6 Å². The van der Waals surface area contributed by atoms with E-state index in [1.54, 1.807) is 0 Å².